The first-order chi connectivity index (χ1) is 10.8. The monoisotopic (exact) mass is 307 g/mol. The van der Waals surface area contributed by atoms with Crippen LogP contribution < -0.4 is 10.1 Å². The van der Waals surface area contributed by atoms with Crippen LogP contribution in [0.4, 0.5) is 10.8 Å². The average Bonchev–Trinajstić information content (AvgIpc) is 2.97. The fourth-order valence-corrected chi connectivity index (χ4v) is 3.30. The highest BCUT2D eigenvalue weighted by molar-refractivity contribution is 7.22. The first kappa shape index (κ1) is 13.0. The Balaban J connectivity index is 1.82. The quantitative estimate of drug-likeness (QED) is 0.601. The lowest BCUT2D eigenvalue weighted by Gasteiger charge is -2.09. The number of fused-ring (bicyclic) bond motifs is 2. The summed E-state index contributed by atoms with van der Waals surface area (Å²) in [6.45, 7) is 0. The predicted octanol–water partition coefficient (Wildman–Crippen LogP) is 4.60. The molecule has 2 aromatic heterocycles. The molecule has 0 saturated carbocycles. The van der Waals surface area contributed by atoms with Crippen LogP contribution in [0, 0.1) is 0 Å². The first-order valence-corrected chi connectivity index (χ1v) is 7.70. The highest BCUT2D eigenvalue weighted by Gasteiger charge is 2.09. The number of hydrogen-bond donors (Lipinski definition) is 1. The predicted molar refractivity (Wildman–Crippen MR) is 91.2 cm³/mol. The van der Waals surface area contributed by atoms with Crippen molar-refractivity contribution >= 4 is 43.3 Å². The molecule has 0 bridgehead atoms. The molecule has 2 aromatic carbocycles. The van der Waals surface area contributed by atoms with Gasteiger partial charge in [0.25, 0.3) is 0 Å². The lowest BCUT2D eigenvalue weighted by molar-refractivity contribution is 0.415. The van der Waals surface area contributed by atoms with E-state index in [2.05, 4.69) is 21.4 Å². The third-order valence-electron chi connectivity index (χ3n) is 3.45. The molecule has 0 radical (unpaired) electrons. The summed E-state index contributed by atoms with van der Waals surface area (Å²) in [4.78, 5) is 9.07. The second-order valence-electron chi connectivity index (χ2n) is 4.86. The van der Waals surface area contributed by atoms with Gasteiger partial charge in [-0.15, -0.1) is 0 Å². The number of anilines is 2. The molecule has 0 fully saturated rings. The van der Waals surface area contributed by atoms with Gasteiger partial charge in [0.1, 0.15) is 5.75 Å². The van der Waals surface area contributed by atoms with Crippen LogP contribution >= 0.6 is 11.3 Å². The zero-order chi connectivity index (χ0) is 14.9. The number of hydrogen-bond acceptors (Lipinski definition) is 5. The van der Waals surface area contributed by atoms with Crippen molar-refractivity contribution in [3.8, 4) is 5.75 Å². The van der Waals surface area contributed by atoms with Crippen molar-refractivity contribution in [3.05, 3.63) is 54.7 Å². The molecule has 22 heavy (non-hydrogen) atoms. The first-order valence-electron chi connectivity index (χ1n) is 6.89. The Morgan fingerprint density at radius 3 is 2.86 bits per heavy atom. The number of nitrogens with zero attached hydrogens (tertiary/aromatic N) is 2. The van der Waals surface area contributed by atoms with Crippen LogP contribution in [0.2, 0.25) is 0 Å². The molecule has 1 N–H and O–H groups in total. The normalized spacial score (nSPS) is 11.0. The smallest absolute Gasteiger partial charge is 0.188 e. The Kier molecular flexibility index (Phi) is 3.12. The second-order valence-corrected chi connectivity index (χ2v) is 5.89. The number of benzene rings is 2. The van der Waals surface area contributed by atoms with Crippen molar-refractivity contribution in [2.75, 3.05) is 12.4 Å². The Morgan fingerprint density at radius 1 is 1.09 bits per heavy atom. The lowest BCUT2D eigenvalue weighted by atomic mass is 10.2. The molecule has 0 atom stereocenters. The van der Waals surface area contributed by atoms with Crippen molar-refractivity contribution in [2.24, 2.45) is 0 Å². The average molecular weight is 307 g/mol. The molecular weight excluding hydrogens is 294 g/mol. The van der Waals surface area contributed by atoms with E-state index in [0.717, 1.165) is 37.7 Å². The number of pyridine rings is 1. The summed E-state index contributed by atoms with van der Waals surface area (Å²) in [7, 11) is 1.67. The largest absolute Gasteiger partial charge is 0.497 e. The Hall–Kier alpha value is -2.66. The number of aromatic nitrogens is 2. The van der Waals surface area contributed by atoms with Gasteiger partial charge in [-0.05, 0) is 24.3 Å². The number of thiazole rings is 1. The standard InChI is InChI=1S/C17H13N3OS/c1-21-12-9-11-5-4-8-18-16(11)14(10-12)20-17-19-13-6-2-3-7-15(13)22-17/h2-10H,1H3,(H,19,20). The van der Waals surface area contributed by atoms with Crippen molar-refractivity contribution in [2.45, 2.75) is 0 Å². The SMILES string of the molecule is COc1cc(Nc2nc3ccccc3s2)c2ncccc2c1. The zero-order valence-corrected chi connectivity index (χ0v) is 12.7. The topological polar surface area (TPSA) is 47.0 Å². The molecule has 0 amide bonds. The Labute approximate surface area is 131 Å². The van der Waals surface area contributed by atoms with E-state index in [1.807, 2.05) is 42.5 Å². The molecule has 0 aliphatic rings. The third kappa shape index (κ3) is 2.25. The van der Waals surface area contributed by atoms with E-state index in [-0.39, 0.29) is 0 Å². The van der Waals surface area contributed by atoms with Gasteiger partial charge in [-0.25, -0.2) is 4.98 Å². The van der Waals surface area contributed by atoms with E-state index in [0.29, 0.717) is 0 Å². The van der Waals surface area contributed by atoms with E-state index in [4.69, 9.17) is 4.74 Å². The van der Waals surface area contributed by atoms with E-state index in [1.165, 1.54) is 0 Å². The summed E-state index contributed by atoms with van der Waals surface area (Å²) in [6.07, 6.45) is 1.79. The third-order valence-corrected chi connectivity index (χ3v) is 4.40. The van der Waals surface area contributed by atoms with Crippen LogP contribution in [0.3, 0.4) is 0 Å². The van der Waals surface area contributed by atoms with Gasteiger partial charge in [0, 0.05) is 17.6 Å². The van der Waals surface area contributed by atoms with Gasteiger partial charge in [0.15, 0.2) is 5.13 Å². The molecule has 4 rings (SSSR count). The lowest BCUT2D eigenvalue weighted by Crippen LogP contribution is -1.94. The minimum absolute atomic E-state index is 0.795. The maximum Gasteiger partial charge on any atom is 0.188 e. The van der Waals surface area contributed by atoms with Crippen molar-refractivity contribution in [3.63, 3.8) is 0 Å². The van der Waals surface area contributed by atoms with Gasteiger partial charge < -0.3 is 10.1 Å². The molecule has 108 valence electrons. The number of ether oxygens (including phenoxy) is 1. The van der Waals surface area contributed by atoms with Gasteiger partial charge in [-0.1, -0.05) is 29.5 Å². The zero-order valence-electron chi connectivity index (χ0n) is 11.9. The fraction of sp³-hybridized carbons (Fsp3) is 0.0588. The number of para-hydroxylation sites is 1. The van der Waals surface area contributed by atoms with E-state index >= 15 is 0 Å². The molecule has 0 aliphatic heterocycles. The number of methoxy groups -OCH3 is 1. The van der Waals surface area contributed by atoms with Gasteiger partial charge in [-0.2, -0.15) is 0 Å². The van der Waals surface area contributed by atoms with Crippen molar-refractivity contribution in [1.82, 2.24) is 9.97 Å². The van der Waals surface area contributed by atoms with Crippen LogP contribution in [-0.4, -0.2) is 17.1 Å². The van der Waals surface area contributed by atoms with Crippen molar-refractivity contribution < 1.29 is 4.74 Å². The molecule has 4 aromatic rings. The molecule has 5 heteroatoms. The minimum Gasteiger partial charge on any atom is -0.497 e. The molecule has 0 spiro atoms. The van der Waals surface area contributed by atoms with Gasteiger partial charge >= 0.3 is 0 Å². The van der Waals surface area contributed by atoms with E-state index in [1.54, 1.807) is 24.6 Å². The van der Waals surface area contributed by atoms with Crippen LogP contribution in [0.1, 0.15) is 0 Å². The molecule has 0 aliphatic carbocycles. The van der Waals surface area contributed by atoms with Crippen LogP contribution in [0.5, 0.6) is 5.75 Å². The summed E-state index contributed by atoms with van der Waals surface area (Å²) in [5.74, 6) is 0.795. The summed E-state index contributed by atoms with van der Waals surface area (Å²) >= 11 is 1.62. The molecule has 2 heterocycles. The second kappa shape index (κ2) is 5.27. The summed E-state index contributed by atoms with van der Waals surface area (Å²) in [5, 5.41) is 5.26. The molecule has 4 nitrogen and oxygen atoms in total. The highest BCUT2D eigenvalue weighted by Crippen LogP contribution is 2.33. The van der Waals surface area contributed by atoms with Crippen LogP contribution in [-0.2, 0) is 0 Å². The molecule has 0 unspecified atom stereocenters. The van der Waals surface area contributed by atoms with Crippen LogP contribution in [0.15, 0.2) is 54.7 Å². The van der Waals surface area contributed by atoms with E-state index in [9.17, 15) is 0 Å². The molecular formula is C17H13N3OS. The molecule has 0 saturated heterocycles. The van der Waals surface area contributed by atoms with E-state index < -0.39 is 0 Å². The Morgan fingerprint density at radius 2 is 2.00 bits per heavy atom. The summed E-state index contributed by atoms with van der Waals surface area (Å²) < 4.78 is 6.53. The van der Waals surface area contributed by atoms with Gasteiger partial charge in [0.2, 0.25) is 0 Å². The minimum atomic E-state index is 0.795. The number of nitrogens with one attached hydrogen (secondary N) is 1. The summed E-state index contributed by atoms with van der Waals surface area (Å²) in [6, 6.07) is 16.0. The van der Waals surface area contributed by atoms with Gasteiger partial charge in [0.05, 0.1) is 28.5 Å². The highest BCUT2D eigenvalue weighted by atomic mass is 32.1. The fourth-order valence-electron chi connectivity index (χ4n) is 2.42. The number of rotatable bonds is 3. The maximum absolute atomic E-state index is 5.37. The van der Waals surface area contributed by atoms with Gasteiger partial charge in [-0.3, -0.25) is 4.98 Å². The maximum atomic E-state index is 5.37. The Bertz CT molecular complexity index is 931. The summed E-state index contributed by atoms with van der Waals surface area (Å²) in [5.41, 5.74) is 2.80. The van der Waals surface area contributed by atoms with Crippen LogP contribution in [0.25, 0.3) is 21.1 Å². The van der Waals surface area contributed by atoms with Crippen molar-refractivity contribution in [1.29, 1.82) is 0 Å².